The van der Waals surface area contributed by atoms with Gasteiger partial charge in [-0.3, -0.25) is 4.79 Å². The first kappa shape index (κ1) is 14.8. The van der Waals surface area contributed by atoms with Crippen molar-refractivity contribution in [3.8, 4) is 0 Å². The van der Waals surface area contributed by atoms with Crippen LogP contribution in [0.1, 0.15) is 33.6 Å². The standard InChI is InChI=1S/C14H24N2O2/c1-4-16(12-14(2,3)18)13(17)8-7-11-15-9-5-6-10-15/h5-6,9-10,18H,4,7-8,11-12H2,1-3H3. The van der Waals surface area contributed by atoms with E-state index in [2.05, 4.69) is 4.57 Å². The fourth-order valence-electron chi connectivity index (χ4n) is 1.93. The van der Waals surface area contributed by atoms with Crippen molar-refractivity contribution in [2.45, 2.75) is 45.8 Å². The zero-order valence-electron chi connectivity index (χ0n) is 11.6. The van der Waals surface area contributed by atoms with Crippen molar-refractivity contribution in [2.75, 3.05) is 13.1 Å². The van der Waals surface area contributed by atoms with Gasteiger partial charge in [0.05, 0.1) is 5.60 Å². The molecule has 1 heterocycles. The minimum Gasteiger partial charge on any atom is -0.389 e. The molecule has 4 heteroatoms. The van der Waals surface area contributed by atoms with Gasteiger partial charge in [0.2, 0.25) is 5.91 Å². The van der Waals surface area contributed by atoms with E-state index in [-0.39, 0.29) is 5.91 Å². The molecule has 0 aromatic carbocycles. The molecule has 0 saturated heterocycles. The molecule has 1 aromatic heterocycles. The lowest BCUT2D eigenvalue weighted by atomic mass is 10.1. The number of likely N-dealkylation sites (N-methyl/N-ethyl adjacent to an activating group) is 1. The molecule has 102 valence electrons. The average Bonchev–Trinajstić information content (AvgIpc) is 2.77. The van der Waals surface area contributed by atoms with Gasteiger partial charge in [0.25, 0.3) is 0 Å². The van der Waals surface area contributed by atoms with E-state index in [4.69, 9.17) is 0 Å². The van der Waals surface area contributed by atoms with E-state index in [1.807, 2.05) is 31.5 Å². The number of aromatic nitrogens is 1. The number of hydrogen-bond acceptors (Lipinski definition) is 2. The molecular weight excluding hydrogens is 228 g/mol. The molecule has 1 amide bonds. The van der Waals surface area contributed by atoms with E-state index in [0.29, 0.717) is 19.5 Å². The Morgan fingerprint density at radius 3 is 2.44 bits per heavy atom. The number of aryl methyl sites for hydroxylation is 1. The van der Waals surface area contributed by atoms with Crippen LogP contribution in [0, 0.1) is 0 Å². The molecule has 1 N–H and O–H groups in total. The van der Waals surface area contributed by atoms with Crippen LogP contribution in [-0.2, 0) is 11.3 Å². The van der Waals surface area contributed by atoms with Gasteiger partial charge in [-0.05, 0) is 39.3 Å². The van der Waals surface area contributed by atoms with Gasteiger partial charge in [-0.1, -0.05) is 0 Å². The zero-order chi connectivity index (χ0) is 13.6. The second-order valence-corrected chi connectivity index (χ2v) is 5.24. The Hall–Kier alpha value is -1.29. The Bertz CT molecular complexity index is 352. The third-order valence-electron chi connectivity index (χ3n) is 2.79. The Morgan fingerprint density at radius 1 is 1.33 bits per heavy atom. The molecule has 0 atom stereocenters. The quantitative estimate of drug-likeness (QED) is 0.805. The molecule has 0 radical (unpaired) electrons. The Morgan fingerprint density at radius 2 is 1.94 bits per heavy atom. The normalized spacial score (nSPS) is 11.6. The number of aliphatic hydroxyl groups is 1. The summed E-state index contributed by atoms with van der Waals surface area (Å²) in [6, 6.07) is 3.96. The van der Waals surface area contributed by atoms with Gasteiger partial charge in [0, 0.05) is 38.4 Å². The molecular formula is C14H24N2O2. The average molecular weight is 252 g/mol. The zero-order valence-corrected chi connectivity index (χ0v) is 11.6. The highest BCUT2D eigenvalue weighted by atomic mass is 16.3. The molecule has 1 rings (SSSR count). The Kier molecular flexibility index (Phi) is 5.41. The molecule has 0 spiro atoms. The molecule has 1 aromatic rings. The molecule has 0 saturated carbocycles. The summed E-state index contributed by atoms with van der Waals surface area (Å²) in [5, 5.41) is 9.75. The predicted molar refractivity (Wildman–Crippen MR) is 72.2 cm³/mol. The van der Waals surface area contributed by atoms with E-state index >= 15 is 0 Å². The number of hydrogen-bond donors (Lipinski definition) is 1. The molecule has 4 nitrogen and oxygen atoms in total. The van der Waals surface area contributed by atoms with Gasteiger partial charge in [-0.2, -0.15) is 0 Å². The smallest absolute Gasteiger partial charge is 0.222 e. The van der Waals surface area contributed by atoms with Crippen LogP contribution >= 0.6 is 0 Å². The van der Waals surface area contributed by atoms with Crippen molar-refractivity contribution in [3.05, 3.63) is 24.5 Å². The number of carbonyl (C=O) groups excluding carboxylic acids is 1. The van der Waals surface area contributed by atoms with Crippen LogP contribution in [0.3, 0.4) is 0 Å². The highest BCUT2D eigenvalue weighted by Gasteiger charge is 2.20. The van der Waals surface area contributed by atoms with E-state index in [0.717, 1.165) is 13.0 Å². The van der Waals surface area contributed by atoms with E-state index in [1.54, 1.807) is 18.7 Å². The van der Waals surface area contributed by atoms with Gasteiger partial charge >= 0.3 is 0 Å². The monoisotopic (exact) mass is 252 g/mol. The van der Waals surface area contributed by atoms with Gasteiger partial charge in [-0.15, -0.1) is 0 Å². The summed E-state index contributed by atoms with van der Waals surface area (Å²) < 4.78 is 2.07. The summed E-state index contributed by atoms with van der Waals surface area (Å²) >= 11 is 0. The summed E-state index contributed by atoms with van der Waals surface area (Å²) in [6.45, 7) is 7.29. The number of carbonyl (C=O) groups is 1. The van der Waals surface area contributed by atoms with Crippen LogP contribution in [0.4, 0.5) is 0 Å². The van der Waals surface area contributed by atoms with Gasteiger partial charge in [0.1, 0.15) is 0 Å². The lowest BCUT2D eigenvalue weighted by Gasteiger charge is -2.28. The second kappa shape index (κ2) is 6.59. The SMILES string of the molecule is CCN(CC(C)(C)O)C(=O)CCCn1cccc1. The minimum atomic E-state index is -0.827. The van der Waals surface area contributed by atoms with Crippen LogP contribution in [-0.4, -0.2) is 39.2 Å². The van der Waals surface area contributed by atoms with Crippen molar-refractivity contribution in [3.63, 3.8) is 0 Å². The highest BCUT2D eigenvalue weighted by molar-refractivity contribution is 5.76. The third-order valence-corrected chi connectivity index (χ3v) is 2.79. The van der Waals surface area contributed by atoms with Crippen molar-refractivity contribution in [2.24, 2.45) is 0 Å². The molecule has 0 unspecified atom stereocenters. The lowest BCUT2D eigenvalue weighted by Crippen LogP contribution is -2.42. The van der Waals surface area contributed by atoms with E-state index in [1.165, 1.54) is 0 Å². The molecule has 0 aliphatic carbocycles. The van der Waals surface area contributed by atoms with Crippen molar-refractivity contribution >= 4 is 5.91 Å². The van der Waals surface area contributed by atoms with Crippen LogP contribution in [0.15, 0.2) is 24.5 Å². The number of nitrogens with zero attached hydrogens (tertiary/aromatic N) is 2. The van der Waals surface area contributed by atoms with Gasteiger partial charge in [-0.25, -0.2) is 0 Å². The number of amides is 1. The van der Waals surface area contributed by atoms with Crippen molar-refractivity contribution in [1.29, 1.82) is 0 Å². The van der Waals surface area contributed by atoms with Crippen LogP contribution in [0.5, 0.6) is 0 Å². The maximum absolute atomic E-state index is 12.0. The third kappa shape index (κ3) is 5.36. The van der Waals surface area contributed by atoms with Crippen LogP contribution in [0.25, 0.3) is 0 Å². The van der Waals surface area contributed by atoms with Gasteiger partial charge in [0.15, 0.2) is 0 Å². The minimum absolute atomic E-state index is 0.117. The molecule has 0 aliphatic heterocycles. The summed E-state index contributed by atoms with van der Waals surface area (Å²) in [5.74, 6) is 0.117. The topological polar surface area (TPSA) is 45.5 Å². The van der Waals surface area contributed by atoms with Crippen molar-refractivity contribution in [1.82, 2.24) is 9.47 Å². The van der Waals surface area contributed by atoms with E-state index < -0.39 is 5.60 Å². The Balaban J connectivity index is 2.33. The predicted octanol–water partition coefficient (Wildman–Crippen LogP) is 1.89. The highest BCUT2D eigenvalue weighted by Crippen LogP contribution is 2.08. The first-order valence-corrected chi connectivity index (χ1v) is 6.53. The van der Waals surface area contributed by atoms with Crippen molar-refractivity contribution < 1.29 is 9.90 Å². The fourth-order valence-corrected chi connectivity index (χ4v) is 1.93. The maximum atomic E-state index is 12.0. The Labute approximate surface area is 109 Å². The first-order chi connectivity index (χ1) is 8.42. The largest absolute Gasteiger partial charge is 0.389 e. The first-order valence-electron chi connectivity index (χ1n) is 6.53. The fraction of sp³-hybridized carbons (Fsp3) is 0.643. The molecule has 0 fully saturated rings. The molecule has 18 heavy (non-hydrogen) atoms. The summed E-state index contributed by atoms with van der Waals surface area (Å²) in [7, 11) is 0. The van der Waals surface area contributed by atoms with Gasteiger partial charge < -0.3 is 14.6 Å². The maximum Gasteiger partial charge on any atom is 0.222 e. The molecule has 0 bridgehead atoms. The lowest BCUT2D eigenvalue weighted by molar-refractivity contribution is -0.134. The summed E-state index contributed by atoms with van der Waals surface area (Å²) in [5.41, 5.74) is -0.827. The molecule has 0 aliphatic rings. The number of rotatable bonds is 7. The van der Waals surface area contributed by atoms with E-state index in [9.17, 15) is 9.90 Å². The van der Waals surface area contributed by atoms with Crippen LogP contribution in [0.2, 0.25) is 0 Å². The summed E-state index contributed by atoms with van der Waals surface area (Å²) in [4.78, 5) is 13.7. The summed E-state index contributed by atoms with van der Waals surface area (Å²) in [6.07, 6.45) is 5.36. The van der Waals surface area contributed by atoms with Crippen LogP contribution < -0.4 is 0 Å². The second-order valence-electron chi connectivity index (χ2n) is 5.24.